The first kappa shape index (κ1) is 14.8. The third-order valence-corrected chi connectivity index (χ3v) is 1.88. The van der Waals surface area contributed by atoms with Gasteiger partial charge in [0, 0.05) is 5.69 Å². The Morgan fingerprint density at radius 2 is 2.31 bits per heavy atom. The molecule has 0 saturated heterocycles. The zero-order chi connectivity index (χ0) is 11.5. The van der Waals surface area contributed by atoms with E-state index in [2.05, 4.69) is 15.5 Å². The van der Waals surface area contributed by atoms with E-state index in [1.807, 2.05) is 0 Å². The number of aromatic amines is 1. The topological polar surface area (TPSA) is 83.8 Å². The number of nitrogens with one attached hydrogen (secondary N) is 2. The quantitative estimate of drug-likeness (QED) is 0.730. The highest BCUT2D eigenvalue weighted by Gasteiger charge is 2.27. The van der Waals surface area contributed by atoms with Crippen LogP contribution in [0.15, 0.2) is 6.20 Å². The Morgan fingerprint density at radius 3 is 2.75 bits per heavy atom. The molecular formula is C8H13ClF2N4O. The number of nitrogens with two attached hydrogens (primary N) is 1. The lowest BCUT2D eigenvalue weighted by atomic mass is 10.2. The molecule has 8 heteroatoms. The van der Waals surface area contributed by atoms with Crippen molar-refractivity contribution in [1.29, 1.82) is 0 Å². The largest absolute Gasteiger partial charge is 0.346 e. The van der Waals surface area contributed by atoms with Gasteiger partial charge in [-0.2, -0.15) is 5.10 Å². The van der Waals surface area contributed by atoms with Crippen molar-refractivity contribution in [3.05, 3.63) is 17.5 Å². The van der Waals surface area contributed by atoms with Gasteiger partial charge in [-0.05, 0) is 6.92 Å². The third kappa shape index (κ3) is 3.74. The molecule has 1 rings (SSSR count). The Hall–Kier alpha value is -1.21. The van der Waals surface area contributed by atoms with Crippen molar-refractivity contribution in [2.75, 3.05) is 13.1 Å². The van der Waals surface area contributed by atoms with Crippen LogP contribution in [0, 0.1) is 6.92 Å². The predicted octanol–water partition coefficient (Wildman–Crippen LogP) is 0.464. The van der Waals surface area contributed by atoms with Crippen LogP contribution >= 0.6 is 12.4 Å². The lowest BCUT2D eigenvalue weighted by molar-refractivity contribution is 0.0118. The summed E-state index contributed by atoms with van der Waals surface area (Å²) in [7, 11) is 0. The lowest BCUT2D eigenvalue weighted by Gasteiger charge is -2.14. The molecule has 5 nitrogen and oxygen atoms in total. The fraction of sp³-hybridized carbons (Fsp3) is 0.500. The molecule has 0 aliphatic rings. The number of H-pyrrole nitrogens is 1. The fourth-order valence-electron chi connectivity index (χ4n) is 0.957. The van der Waals surface area contributed by atoms with Gasteiger partial charge in [0.25, 0.3) is 11.8 Å². The molecule has 16 heavy (non-hydrogen) atoms. The van der Waals surface area contributed by atoms with Gasteiger partial charge in [0.05, 0.1) is 24.8 Å². The summed E-state index contributed by atoms with van der Waals surface area (Å²) < 4.78 is 25.4. The number of aromatic nitrogens is 2. The maximum Gasteiger partial charge on any atom is 0.277 e. The van der Waals surface area contributed by atoms with E-state index in [4.69, 9.17) is 5.73 Å². The zero-order valence-corrected chi connectivity index (χ0v) is 9.41. The van der Waals surface area contributed by atoms with Crippen LogP contribution in [0.3, 0.4) is 0 Å². The number of amides is 1. The van der Waals surface area contributed by atoms with E-state index in [0.29, 0.717) is 5.69 Å². The molecule has 0 radical (unpaired) electrons. The van der Waals surface area contributed by atoms with E-state index >= 15 is 0 Å². The van der Waals surface area contributed by atoms with Crippen molar-refractivity contribution >= 4 is 18.3 Å². The Balaban J connectivity index is 0.00000225. The maximum absolute atomic E-state index is 12.7. The van der Waals surface area contributed by atoms with Crippen LogP contribution in [0.25, 0.3) is 0 Å². The number of carbonyl (C=O) groups is 1. The number of rotatable bonds is 4. The molecule has 0 bridgehead atoms. The molecule has 0 fully saturated rings. The minimum Gasteiger partial charge on any atom is -0.346 e. The smallest absolute Gasteiger partial charge is 0.277 e. The minimum atomic E-state index is -3.08. The van der Waals surface area contributed by atoms with Crippen LogP contribution in [0.4, 0.5) is 8.78 Å². The molecule has 0 unspecified atom stereocenters. The van der Waals surface area contributed by atoms with Crippen LogP contribution in [-0.2, 0) is 0 Å². The van der Waals surface area contributed by atoms with Gasteiger partial charge >= 0.3 is 0 Å². The van der Waals surface area contributed by atoms with E-state index in [0.717, 1.165) is 0 Å². The van der Waals surface area contributed by atoms with Crippen LogP contribution in [0.5, 0.6) is 0 Å². The highest BCUT2D eigenvalue weighted by Crippen LogP contribution is 2.09. The van der Waals surface area contributed by atoms with E-state index in [1.54, 1.807) is 6.92 Å². The first-order valence-corrected chi connectivity index (χ1v) is 4.32. The van der Waals surface area contributed by atoms with Crippen molar-refractivity contribution in [1.82, 2.24) is 15.5 Å². The fourth-order valence-corrected chi connectivity index (χ4v) is 0.957. The molecule has 0 spiro atoms. The highest BCUT2D eigenvalue weighted by molar-refractivity contribution is 5.94. The second-order valence-corrected chi connectivity index (χ2v) is 3.15. The summed E-state index contributed by atoms with van der Waals surface area (Å²) in [5.41, 5.74) is 5.60. The zero-order valence-electron chi connectivity index (χ0n) is 8.59. The molecule has 0 aliphatic carbocycles. The molecule has 1 aromatic rings. The number of aryl methyl sites for hydroxylation is 1. The Kier molecular flexibility index (Phi) is 5.32. The van der Waals surface area contributed by atoms with Crippen molar-refractivity contribution in [2.45, 2.75) is 12.8 Å². The van der Waals surface area contributed by atoms with Gasteiger partial charge in [0.15, 0.2) is 0 Å². The third-order valence-electron chi connectivity index (χ3n) is 1.88. The summed E-state index contributed by atoms with van der Waals surface area (Å²) in [6.07, 6.45) is 1.28. The molecule has 1 amide bonds. The molecule has 0 aromatic carbocycles. The Morgan fingerprint density at radius 1 is 1.69 bits per heavy atom. The van der Waals surface area contributed by atoms with Gasteiger partial charge in [0.1, 0.15) is 0 Å². The van der Waals surface area contributed by atoms with Gasteiger partial charge < -0.3 is 11.1 Å². The lowest BCUT2D eigenvalue weighted by Crippen LogP contribution is -2.41. The van der Waals surface area contributed by atoms with Crippen LogP contribution in [-0.4, -0.2) is 35.1 Å². The Labute approximate surface area is 97.2 Å². The molecular weight excluding hydrogens is 242 g/mol. The Bertz CT molecular complexity index is 356. The SMILES string of the molecule is Cc1[nH]ncc1C(=O)NCC(F)(F)CN.Cl. The molecule has 4 N–H and O–H groups in total. The molecule has 0 atom stereocenters. The standard InChI is InChI=1S/C8H12F2N4O.ClH/c1-5-6(2-13-14-5)7(15)12-4-8(9,10)3-11;/h2H,3-4,11H2,1H3,(H,12,15)(H,13,14);1H. The number of carbonyl (C=O) groups excluding carboxylic acids is 1. The van der Waals surface area contributed by atoms with Crippen LogP contribution in [0.2, 0.25) is 0 Å². The monoisotopic (exact) mass is 254 g/mol. The molecule has 0 saturated carbocycles. The second kappa shape index (κ2) is 5.76. The number of nitrogens with zero attached hydrogens (tertiary/aromatic N) is 1. The van der Waals surface area contributed by atoms with E-state index in [9.17, 15) is 13.6 Å². The summed E-state index contributed by atoms with van der Waals surface area (Å²) in [5.74, 6) is -3.66. The van der Waals surface area contributed by atoms with Gasteiger partial charge in [0.2, 0.25) is 0 Å². The van der Waals surface area contributed by atoms with E-state index in [-0.39, 0.29) is 18.0 Å². The van der Waals surface area contributed by atoms with Gasteiger partial charge in [-0.25, -0.2) is 8.78 Å². The van der Waals surface area contributed by atoms with Crippen molar-refractivity contribution < 1.29 is 13.6 Å². The van der Waals surface area contributed by atoms with Gasteiger partial charge in [-0.15, -0.1) is 12.4 Å². The number of hydrogen-bond donors (Lipinski definition) is 3. The van der Waals surface area contributed by atoms with Gasteiger partial charge in [-0.3, -0.25) is 9.89 Å². The van der Waals surface area contributed by atoms with Crippen LogP contribution in [0.1, 0.15) is 16.1 Å². The average molecular weight is 255 g/mol. The molecule has 92 valence electrons. The summed E-state index contributed by atoms with van der Waals surface area (Å²) in [6, 6.07) is 0. The molecule has 1 aromatic heterocycles. The summed E-state index contributed by atoms with van der Waals surface area (Å²) >= 11 is 0. The van der Waals surface area contributed by atoms with Gasteiger partial charge in [-0.1, -0.05) is 0 Å². The first-order chi connectivity index (χ1) is 6.96. The number of hydrogen-bond acceptors (Lipinski definition) is 3. The van der Waals surface area contributed by atoms with Crippen molar-refractivity contribution in [3.8, 4) is 0 Å². The predicted molar refractivity (Wildman–Crippen MR) is 56.9 cm³/mol. The maximum atomic E-state index is 12.7. The normalized spacial score (nSPS) is 10.8. The second-order valence-electron chi connectivity index (χ2n) is 3.15. The summed E-state index contributed by atoms with van der Waals surface area (Å²) in [5, 5.41) is 8.24. The minimum absolute atomic E-state index is 0. The summed E-state index contributed by atoms with van der Waals surface area (Å²) in [4.78, 5) is 11.3. The number of alkyl halides is 2. The van der Waals surface area contributed by atoms with Crippen molar-refractivity contribution in [2.24, 2.45) is 5.73 Å². The van der Waals surface area contributed by atoms with E-state index < -0.39 is 24.9 Å². The van der Waals surface area contributed by atoms with Crippen molar-refractivity contribution in [3.63, 3.8) is 0 Å². The summed E-state index contributed by atoms with van der Waals surface area (Å²) in [6.45, 7) is 0.0631. The van der Waals surface area contributed by atoms with Crippen LogP contribution < -0.4 is 11.1 Å². The molecule has 1 heterocycles. The average Bonchev–Trinajstić information content (AvgIpc) is 2.61. The highest BCUT2D eigenvalue weighted by atomic mass is 35.5. The first-order valence-electron chi connectivity index (χ1n) is 4.32. The number of halogens is 3. The van der Waals surface area contributed by atoms with E-state index in [1.165, 1.54) is 6.20 Å². The molecule has 0 aliphatic heterocycles.